The summed E-state index contributed by atoms with van der Waals surface area (Å²) in [5.74, 6) is 1.54. The van der Waals surface area contributed by atoms with Crippen molar-refractivity contribution >= 4 is 33.6 Å². The molecule has 0 aliphatic rings. The van der Waals surface area contributed by atoms with Crippen LogP contribution in [0.1, 0.15) is 11.1 Å². The summed E-state index contributed by atoms with van der Waals surface area (Å²) >= 11 is 5.07. The number of carbonyl (C=O) groups excluding carboxylic acids is 1. The summed E-state index contributed by atoms with van der Waals surface area (Å²) in [7, 11) is 1.86. The van der Waals surface area contributed by atoms with Crippen molar-refractivity contribution in [2.45, 2.75) is 12.3 Å². The van der Waals surface area contributed by atoms with Crippen molar-refractivity contribution in [2.24, 2.45) is 0 Å². The van der Waals surface area contributed by atoms with Gasteiger partial charge in [0.2, 0.25) is 5.91 Å². The molecule has 0 spiro atoms. The van der Waals surface area contributed by atoms with Gasteiger partial charge in [0.05, 0.1) is 5.75 Å². The second kappa shape index (κ2) is 8.25. The van der Waals surface area contributed by atoms with Gasteiger partial charge in [0.25, 0.3) is 0 Å². The Morgan fingerprint density at radius 2 is 1.71 bits per heavy atom. The summed E-state index contributed by atoms with van der Waals surface area (Å²) < 4.78 is 1.08. The molecular formula is C17H18BrNOS. The van der Waals surface area contributed by atoms with E-state index in [1.54, 1.807) is 16.7 Å². The molecule has 0 N–H and O–H groups in total. The third kappa shape index (κ3) is 5.56. The summed E-state index contributed by atoms with van der Waals surface area (Å²) in [4.78, 5) is 13.9. The van der Waals surface area contributed by atoms with E-state index in [-0.39, 0.29) is 5.91 Å². The Bertz CT molecular complexity index is 571. The van der Waals surface area contributed by atoms with E-state index in [0.717, 1.165) is 15.8 Å². The molecule has 2 rings (SSSR count). The highest BCUT2D eigenvalue weighted by atomic mass is 79.9. The number of amides is 1. The van der Waals surface area contributed by atoms with Crippen LogP contribution >= 0.6 is 27.7 Å². The summed E-state index contributed by atoms with van der Waals surface area (Å²) in [5.41, 5.74) is 2.40. The Kier molecular flexibility index (Phi) is 6.33. The summed E-state index contributed by atoms with van der Waals surface area (Å²) in [6, 6.07) is 18.3. The number of thioether (sulfide) groups is 1. The van der Waals surface area contributed by atoms with E-state index in [0.29, 0.717) is 12.3 Å². The quantitative estimate of drug-likeness (QED) is 0.760. The molecule has 21 heavy (non-hydrogen) atoms. The lowest BCUT2D eigenvalue weighted by atomic mass is 10.2. The SMILES string of the molecule is CN(Cc1ccccc1)C(=O)CSCc1ccc(Br)cc1. The third-order valence-electron chi connectivity index (χ3n) is 3.10. The van der Waals surface area contributed by atoms with E-state index in [1.807, 2.05) is 49.5 Å². The van der Waals surface area contributed by atoms with Crippen LogP contribution in [0.5, 0.6) is 0 Å². The number of nitrogens with zero attached hydrogens (tertiary/aromatic N) is 1. The standard InChI is InChI=1S/C17H18BrNOS/c1-19(11-14-5-3-2-4-6-14)17(20)13-21-12-15-7-9-16(18)10-8-15/h2-10H,11-13H2,1H3. The number of hydrogen-bond donors (Lipinski definition) is 0. The minimum Gasteiger partial charge on any atom is -0.341 e. The summed E-state index contributed by atoms with van der Waals surface area (Å²) in [6.07, 6.45) is 0. The van der Waals surface area contributed by atoms with E-state index < -0.39 is 0 Å². The van der Waals surface area contributed by atoms with Gasteiger partial charge in [0, 0.05) is 23.8 Å². The molecule has 0 heterocycles. The largest absolute Gasteiger partial charge is 0.341 e. The van der Waals surface area contributed by atoms with E-state index in [2.05, 4.69) is 28.1 Å². The first-order chi connectivity index (χ1) is 10.1. The van der Waals surface area contributed by atoms with Crippen LogP contribution in [0, 0.1) is 0 Å². The smallest absolute Gasteiger partial charge is 0.232 e. The first-order valence-corrected chi connectivity index (χ1v) is 8.70. The van der Waals surface area contributed by atoms with Crippen molar-refractivity contribution in [3.63, 3.8) is 0 Å². The minimum atomic E-state index is 0.168. The van der Waals surface area contributed by atoms with Gasteiger partial charge in [-0.15, -0.1) is 11.8 Å². The highest BCUT2D eigenvalue weighted by Gasteiger charge is 2.09. The highest BCUT2D eigenvalue weighted by Crippen LogP contribution is 2.16. The zero-order chi connectivity index (χ0) is 15.1. The summed E-state index contributed by atoms with van der Waals surface area (Å²) in [6.45, 7) is 0.665. The Morgan fingerprint density at radius 1 is 1.05 bits per heavy atom. The van der Waals surface area contributed by atoms with Crippen LogP contribution in [0.15, 0.2) is 59.1 Å². The molecule has 0 saturated heterocycles. The van der Waals surface area contributed by atoms with Crippen molar-refractivity contribution in [2.75, 3.05) is 12.8 Å². The molecule has 2 nitrogen and oxygen atoms in total. The average Bonchev–Trinajstić information content (AvgIpc) is 2.50. The first-order valence-electron chi connectivity index (χ1n) is 6.75. The second-order valence-corrected chi connectivity index (χ2v) is 6.76. The van der Waals surface area contributed by atoms with Crippen LogP contribution in [0.2, 0.25) is 0 Å². The molecule has 4 heteroatoms. The molecule has 0 aliphatic heterocycles. The molecule has 0 atom stereocenters. The topological polar surface area (TPSA) is 20.3 Å². The van der Waals surface area contributed by atoms with Crippen molar-refractivity contribution in [3.8, 4) is 0 Å². The van der Waals surface area contributed by atoms with E-state index >= 15 is 0 Å². The normalized spacial score (nSPS) is 10.4. The Labute approximate surface area is 138 Å². The monoisotopic (exact) mass is 363 g/mol. The van der Waals surface area contributed by atoms with Gasteiger partial charge >= 0.3 is 0 Å². The second-order valence-electron chi connectivity index (χ2n) is 4.85. The molecular weight excluding hydrogens is 346 g/mol. The predicted molar refractivity (Wildman–Crippen MR) is 93.2 cm³/mol. The van der Waals surface area contributed by atoms with Crippen LogP contribution in [-0.2, 0) is 17.1 Å². The van der Waals surface area contributed by atoms with Gasteiger partial charge in [-0.25, -0.2) is 0 Å². The van der Waals surface area contributed by atoms with Gasteiger partial charge in [-0.1, -0.05) is 58.4 Å². The van der Waals surface area contributed by atoms with Crippen LogP contribution in [-0.4, -0.2) is 23.6 Å². The maximum atomic E-state index is 12.1. The van der Waals surface area contributed by atoms with E-state index in [4.69, 9.17) is 0 Å². The van der Waals surface area contributed by atoms with Crippen molar-refractivity contribution in [1.82, 2.24) is 4.90 Å². The number of halogens is 1. The van der Waals surface area contributed by atoms with Crippen molar-refractivity contribution in [1.29, 1.82) is 0 Å². The lowest BCUT2D eigenvalue weighted by Gasteiger charge is -2.17. The van der Waals surface area contributed by atoms with E-state index in [1.165, 1.54) is 5.56 Å². The number of hydrogen-bond acceptors (Lipinski definition) is 2. The maximum absolute atomic E-state index is 12.1. The molecule has 0 bridgehead atoms. The number of benzene rings is 2. The Morgan fingerprint density at radius 3 is 2.38 bits per heavy atom. The molecule has 110 valence electrons. The van der Waals surface area contributed by atoms with Crippen LogP contribution < -0.4 is 0 Å². The van der Waals surface area contributed by atoms with Gasteiger partial charge in [-0.2, -0.15) is 0 Å². The molecule has 2 aromatic carbocycles. The van der Waals surface area contributed by atoms with Gasteiger partial charge < -0.3 is 4.90 Å². The fourth-order valence-electron chi connectivity index (χ4n) is 1.89. The molecule has 0 unspecified atom stereocenters. The van der Waals surface area contributed by atoms with Gasteiger partial charge in [0.15, 0.2) is 0 Å². The molecule has 0 aliphatic carbocycles. The first kappa shape index (κ1) is 16.1. The number of carbonyl (C=O) groups is 1. The molecule has 0 fully saturated rings. The molecule has 0 radical (unpaired) electrons. The van der Waals surface area contributed by atoms with Crippen molar-refractivity contribution in [3.05, 3.63) is 70.2 Å². The van der Waals surface area contributed by atoms with Crippen LogP contribution in [0.4, 0.5) is 0 Å². The van der Waals surface area contributed by atoms with E-state index in [9.17, 15) is 4.79 Å². The highest BCUT2D eigenvalue weighted by molar-refractivity contribution is 9.10. The third-order valence-corrected chi connectivity index (χ3v) is 4.61. The maximum Gasteiger partial charge on any atom is 0.232 e. The fourth-order valence-corrected chi connectivity index (χ4v) is 3.08. The van der Waals surface area contributed by atoms with Crippen LogP contribution in [0.3, 0.4) is 0 Å². The number of rotatable bonds is 6. The van der Waals surface area contributed by atoms with Gasteiger partial charge in [0.1, 0.15) is 0 Å². The molecule has 2 aromatic rings. The zero-order valence-corrected chi connectivity index (χ0v) is 14.4. The van der Waals surface area contributed by atoms with Gasteiger partial charge in [-0.3, -0.25) is 4.79 Å². The Balaban J connectivity index is 1.75. The minimum absolute atomic E-state index is 0.168. The van der Waals surface area contributed by atoms with Crippen molar-refractivity contribution < 1.29 is 4.79 Å². The Hall–Kier alpha value is -1.26. The predicted octanol–water partition coefficient (Wildman–Crippen LogP) is 4.34. The van der Waals surface area contributed by atoms with Crippen LogP contribution in [0.25, 0.3) is 0 Å². The summed E-state index contributed by atoms with van der Waals surface area (Å²) in [5, 5.41) is 0. The lowest BCUT2D eigenvalue weighted by molar-refractivity contribution is -0.127. The average molecular weight is 364 g/mol. The lowest BCUT2D eigenvalue weighted by Crippen LogP contribution is -2.27. The fraction of sp³-hybridized carbons (Fsp3) is 0.235. The molecule has 1 amide bonds. The zero-order valence-electron chi connectivity index (χ0n) is 12.0. The molecule has 0 saturated carbocycles. The molecule has 0 aromatic heterocycles. The van der Waals surface area contributed by atoms with Gasteiger partial charge in [-0.05, 0) is 23.3 Å².